The molecule has 2 rings (SSSR count). The van der Waals surface area contributed by atoms with Crippen LogP contribution in [0.15, 0.2) is 12.3 Å². The van der Waals surface area contributed by atoms with Gasteiger partial charge in [-0.15, -0.1) is 0 Å². The molecule has 0 amide bonds. The van der Waals surface area contributed by atoms with Crippen molar-refractivity contribution in [3.05, 3.63) is 27.9 Å². The van der Waals surface area contributed by atoms with E-state index in [4.69, 9.17) is 4.74 Å². The molecule has 1 aliphatic heterocycles. The van der Waals surface area contributed by atoms with E-state index in [1.807, 2.05) is 18.7 Å². The lowest BCUT2D eigenvalue weighted by molar-refractivity contribution is -0.385. The largest absolute Gasteiger partial charge is 0.466 e. The van der Waals surface area contributed by atoms with Crippen LogP contribution in [0.3, 0.4) is 0 Å². The van der Waals surface area contributed by atoms with Crippen molar-refractivity contribution in [1.29, 1.82) is 0 Å². The highest BCUT2D eigenvalue weighted by molar-refractivity contribution is 5.79. The number of carbonyl (C=O) groups excluding carboxylic acids is 1. The van der Waals surface area contributed by atoms with Crippen LogP contribution in [-0.4, -0.2) is 35.6 Å². The molecule has 7 nitrogen and oxygen atoms in total. The highest BCUT2D eigenvalue weighted by atomic mass is 16.6. The lowest BCUT2D eigenvalue weighted by atomic mass is 9.76. The number of pyridine rings is 1. The minimum absolute atomic E-state index is 0.00784. The number of ether oxygens (including phenoxy) is 1. The molecule has 1 atom stereocenters. The number of hydrogen-bond acceptors (Lipinski definition) is 6. The van der Waals surface area contributed by atoms with Gasteiger partial charge in [-0.25, -0.2) is 4.98 Å². The molecule has 23 heavy (non-hydrogen) atoms. The van der Waals surface area contributed by atoms with E-state index in [1.165, 1.54) is 6.20 Å². The summed E-state index contributed by atoms with van der Waals surface area (Å²) in [7, 11) is 0. The van der Waals surface area contributed by atoms with Crippen LogP contribution >= 0.6 is 0 Å². The minimum atomic E-state index is -0.548. The SMILES string of the molecule is CCOC(=O)C1(C(C)C)CCN(c2cc(C)c([N+](=O)[O-])cn2)C1. The quantitative estimate of drug-likeness (QED) is 0.471. The first-order valence-electron chi connectivity index (χ1n) is 7.85. The van der Waals surface area contributed by atoms with Crippen molar-refractivity contribution in [3.63, 3.8) is 0 Å². The lowest BCUT2D eigenvalue weighted by Crippen LogP contribution is -2.40. The fourth-order valence-corrected chi connectivity index (χ4v) is 3.08. The zero-order valence-corrected chi connectivity index (χ0v) is 14.0. The van der Waals surface area contributed by atoms with Gasteiger partial charge in [-0.3, -0.25) is 14.9 Å². The molecule has 0 radical (unpaired) electrons. The molecule has 1 aliphatic rings. The van der Waals surface area contributed by atoms with Crippen LogP contribution in [0.4, 0.5) is 11.5 Å². The molecule has 0 N–H and O–H groups in total. The maximum absolute atomic E-state index is 12.4. The van der Waals surface area contributed by atoms with Crippen molar-refractivity contribution in [2.75, 3.05) is 24.6 Å². The number of nitrogens with zero attached hydrogens (tertiary/aromatic N) is 3. The highest BCUT2D eigenvalue weighted by Gasteiger charge is 2.48. The van der Waals surface area contributed by atoms with Crippen molar-refractivity contribution in [1.82, 2.24) is 4.98 Å². The summed E-state index contributed by atoms with van der Waals surface area (Å²) in [6.45, 7) is 9.11. The zero-order valence-electron chi connectivity index (χ0n) is 14.0. The summed E-state index contributed by atoms with van der Waals surface area (Å²) in [6, 6.07) is 1.71. The molecule has 1 aromatic heterocycles. The van der Waals surface area contributed by atoms with Crippen molar-refractivity contribution < 1.29 is 14.5 Å². The standard InChI is InChI=1S/C16H23N3O4/c1-5-23-15(20)16(11(2)3)6-7-18(10-16)14-8-12(4)13(9-17-14)19(21)22/h8-9,11H,5-7,10H2,1-4H3. The van der Waals surface area contributed by atoms with Crippen LogP contribution in [0.25, 0.3) is 0 Å². The second-order valence-electron chi connectivity index (χ2n) is 6.29. The average Bonchev–Trinajstić information content (AvgIpc) is 2.93. The van der Waals surface area contributed by atoms with Gasteiger partial charge in [-0.1, -0.05) is 13.8 Å². The van der Waals surface area contributed by atoms with Crippen LogP contribution in [0, 0.1) is 28.4 Å². The van der Waals surface area contributed by atoms with Gasteiger partial charge in [0.05, 0.1) is 16.9 Å². The Kier molecular flexibility index (Phi) is 4.87. The Morgan fingerprint density at radius 1 is 1.57 bits per heavy atom. The van der Waals surface area contributed by atoms with E-state index in [0.29, 0.717) is 37.5 Å². The molecular formula is C16H23N3O4. The van der Waals surface area contributed by atoms with E-state index in [1.54, 1.807) is 19.9 Å². The first-order valence-corrected chi connectivity index (χ1v) is 7.85. The maximum atomic E-state index is 12.4. The van der Waals surface area contributed by atoms with Crippen LogP contribution in [-0.2, 0) is 9.53 Å². The van der Waals surface area contributed by atoms with Gasteiger partial charge in [0, 0.05) is 18.7 Å². The Labute approximate surface area is 135 Å². The lowest BCUT2D eigenvalue weighted by Gasteiger charge is -2.31. The Hall–Kier alpha value is -2.18. The van der Waals surface area contributed by atoms with E-state index < -0.39 is 10.3 Å². The van der Waals surface area contributed by atoms with Crippen LogP contribution in [0.1, 0.15) is 32.8 Å². The molecule has 0 bridgehead atoms. The van der Waals surface area contributed by atoms with Gasteiger partial charge < -0.3 is 9.64 Å². The van der Waals surface area contributed by atoms with Gasteiger partial charge in [0.2, 0.25) is 0 Å². The normalized spacial score (nSPS) is 20.8. The second-order valence-corrected chi connectivity index (χ2v) is 6.29. The first-order chi connectivity index (χ1) is 10.8. The average molecular weight is 321 g/mol. The summed E-state index contributed by atoms with van der Waals surface area (Å²) in [5.41, 5.74) is 0.0274. The van der Waals surface area contributed by atoms with E-state index >= 15 is 0 Å². The van der Waals surface area contributed by atoms with Gasteiger partial charge in [-0.2, -0.15) is 0 Å². The highest BCUT2D eigenvalue weighted by Crippen LogP contribution is 2.40. The number of esters is 1. The van der Waals surface area contributed by atoms with E-state index in [-0.39, 0.29) is 17.6 Å². The molecule has 0 aromatic carbocycles. The third-order valence-electron chi connectivity index (χ3n) is 4.68. The fourth-order valence-electron chi connectivity index (χ4n) is 3.08. The first kappa shape index (κ1) is 17.2. The fraction of sp³-hybridized carbons (Fsp3) is 0.625. The molecule has 126 valence electrons. The molecule has 7 heteroatoms. The van der Waals surface area contributed by atoms with Crippen LogP contribution in [0.2, 0.25) is 0 Å². The molecule has 1 fully saturated rings. The molecular weight excluding hydrogens is 298 g/mol. The maximum Gasteiger partial charge on any atom is 0.314 e. The Morgan fingerprint density at radius 3 is 2.78 bits per heavy atom. The Morgan fingerprint density at radius 2 is 2.26 bits per heavy atom. The number of aryl methyl sites for hydroxylation is 1. The molecule has 1 aromatic rings. The number of hydrogen-bond donors (Lipinski definition) is 0. The number of rotatable bonds is 5. The number of nitro groups is 1. The van der Waals surface area contributed by atoms with Gasteiger partial charge in [0.1, 0.15) is 12.0 Å². The third-order valence-corrected chi connectivity index (χ3v) is 4.68. The number of anilines is 1. The molecule has 0 spiro atoms. The van der Waals surface area contributed by atoms with Gasteiger partial charge in [-0.05, 0) is 32.3 Å². The van der Waals surface area contributed by atoms with Crippen molar-refractivity contribution >= 4 is 17.5 Å². The Balaban J connectivity index is 2.25. The summed E-state index contributed by atoms with van der Waals surface area (Å²) in [6.07, 6.45) is 1.98. The summed E-state index contributed by atoms with van der Waals surface area (Å²) >= 11 is 0. The summed E-state index contributed by atoms with van der Waals surface area (Å²) in [5.74, 6) is 0.641. The summed E-state index contributed by atoms with van der Waals surface area (Å²) < 4.78 is 5.27. The number of aromatic nitrogens is 1. The van der Waals surface area contributed by atoms with E-state index in [9.17, 15) is 14.9 Å². The molecule has 1 saturated heterocycles. The van der Waals surface area contributed by atoms with Crippen molar-refractivity contribution in [3.8, 4) is 0 Å². The zero-order chi connectivity index (χ0) is 17.2. The predicted molar refractivity (Wildman–Crippen MR) is 86.4 cm³/mol. The smallest absolute Gasteiger partial charge is 0.314 e. The minimum Gasteiger partial charge on any atom is -0.466 e. The van der Waals surface area contributed by atoms with Crippen LogP contribution < -0.4 is 4.90 Å². The predicted octanol–water partition coefficient (Wildman–Crippen LogP) is 2.71. The van der Waals surface area contributed by atoms with Gasteiger partial charge in [0.25, 0.3) is 5.69 Å². The molecule has 1 unspecified atom stereocenters. The molecule has 0 saturated carbocycles. The summed E-state index contributed by atoms with van der Waals surface area (Å²) in [4.78, 5) is 29.1. The van der Waals surface area contributed by atoms with Gasteiger partial charge >= 0.3 is 5.97 Å². The van der Waals surface area contributed by atoms with Crippen molar-refractivity contribution in [2.45, 2.75) is 34.1 Å². The van der Waals surface area contributed by atoms with E-state index in [0.717, 1.165) is 0 Å². The third kappa shape index (κ3) is 3.13. The summed E-state index contributed by atoms with van der Waals surface area (Å²) in [5, 5.41) is 10.9. The van der Waals surface area contributed by atoms with E-state index in [2.05, 4.69) is 4.98 Å². The molecule has 0 aliphatic carbocycles. The van der Waals surface area contributed by atoms with Gasteiger partial charge in [0.15, 0.2) is 0 Å². The molecule has 2 heterocycles. The topological polar surface area (TPSA) is 85.6 Å². The van der Waals surface area contributed by atoms with Crippen molar-refractivity contribution in [2.24, 2.45) is 11.3 Å². The second kappa shape index (κ2) is 6.52. The monoisotopic (exact) mass is 321 g/mol. The number of carbonyl (C=O) groups is 1. The van der Waals surface area contributed by atoms with Crippen LogP contribution in [0.5, 0.6) is 0 Å². The Bertz CT molecular complexity index is 617.